The molecule has 0 bridgehead atoms. The number of nitrogens with one attached hydrogen (secondary N) is 1. The Morgan fingerprint density at radius 3 is 2.37 bits per heavy atom. The topological polar surface area (TPSA) is 137 Å². The van der Waals surface area contributed by atoms with Gasteiger partial charge in [0.15, 0.2) is 5.69 Å². The second-order valence-corrected chi connectivity index (χ2v) is 9.11. The second kappa shape index (κ2) is 13.0. The monoisotopic (exact) mass is 524 g/mol. The molecule has 1 heterocycles. The van der Waals surface area contributed by atoms with Crippen molar-refractivity contribution in [3.05, 3.63) is 82.9 Å². The molecule has 0 saturated carbocycles. The molecule has 1 aromatic heterocycles. The Morgan fingerprint density at radius 1 is 1.13 bits per heavy atom. The fourth-order valence-corrected chi connectivity index (χ4v) is 3.96. The third-order valence-electron chi connectivity index (χ3n) is 5.83. The number of carboxylic acid groups (broad SMARTS) is 1. The number of carbonyl (C=O) groups excluding carboxylic acids is 2. The summed E-state index contributed by atoms with van der Waals surface area (Å²) in [7, 11) is 1.57. The molecule has 0 radical (unpaired) electrons. The van der Waals surface area contributed by atoms with E-state index in [9.17, 15) is 29.3 Å². The lowest BCUT2D eigenvalue weighted by Gasteiger charge is -2.14. The number of aliphatic hydroxyl groups excluding tert-OH is 2. The van der Waals surface area contributed by atoms with Crippen LogP contribution in [0.3, 0.4) is 0 Å². The number of rotatable bonds is 12. The molecule has 3 aromatic rings. The SMILES string of the molecule is COc1ccc(CNC(=O)c2nn(-c3ccc(F)cc3)c(/C=C/[C@@H](O)C[C@@H](O)CC(=O)[O-])c2C(C)C)cc1. The van der Waals surface area contributed by atoms with Crippen molar-refractivity contribution >= 4 is 18.0 Å². The third kappa shape index (κ3) is 7.50. The minimum absolute atomic E-state index is 0.161. The van der Waals surface area contributed by atoms with E-state index in [0.29, 0.717) is 22.7 Å². The average Bonchev–Trinajstić information content (AvgIpc) is 3.26. The summed E-state index contributed by atoms with van der Waals surface area (Å²) in [5.41, 5.74) is 2.61. The van der Waals surface area contributed by atoms with Crippen molar-refractivity contribution in [3.8, 4) is 11.4 Å². The Morgan fingerprint density at radius 2 is 1.79 bits per heavy atom. The lowest BCUT2D eigenvalue weighted by atomic mass is 9.98. The number of aliphatic carboxylic acids is 1. The highest BCUT2D eigenvalue weighted by Crippen LogP contribution is 2.28. The number of ether oxygens (including phenoxy) is 1. The molecule has 38 heavy (non-hydrogen) atoms. The van der Waals surface area contributed by atoms with Crippen LogP contribution in [0, 0.1) is 5.82 Å². The quantitative estimate of drug-likeness (QED) is 0.331. The average molecular weight is 525 g/mol. The van der Waals surface area contributed by atoms with Crippen LogP contribution >= 0.6 is 0 Å². The molecule has 3 rings (SSSR count). The van der Waals surface area contributed by atoms with E-state index in [-0.39, 0.29) is 24.6 Å². The van der Waals surface area contributed by atoms with E-state index in [0.717, 1.165) is 5.56 Å². The molecule has 0 aliphatic carbocycles. The number of carboxylic acids is 1. The first-order valence-electron chi connectivity index (χ1n) is 12.1. The first-order chi connectivity index (χ1) is 18.1. The van der Waals surface area contributed by atoms with Crippen LogP contribution in [0.2, 0.25) is 0 Å². The van der Waals surface area contributed by atoms with E-state index < -0.39 is 36.3 Å². The highest BCUT2D eigenvalue weighted by atomic mass is 19.1. The van der Waals surface area contributed by atoms with Crippen LogP contribution in [0.1, 0.15) is 59.9 Å². The molecule has 9 nitrogen and oxygen atoms in total. The highest BCUT2D eigenvalue weighted by Gasteiger charge is 2.25. The van der Waals surface area contributed by atoms with Gasteiger partial charge >= 0.3 is 0 Å². The molecule has 3 N–H and O–H groups in total. The molecule has 1 amide bonds. The summed E-state index contributed by atoms with van der Waals surface area (Å²) in [5, 5.41) is 38.3. The summed E-state index contributed by atoms with van der Waals surface area (Å²) in [4.78, 5) is 24.0. The van der Waals surface area contributed by atoms with Gasteiger partial charge in [0.1, 0.15) is 11.6 Å². The van der Waals surface area contributed by atoms with Crippen LogP contribution < -0.4 is 15.2 Å². The van der Waals surface area contributed by atoms with Gasteiger partial charge in [0, 0.05) is 30.9 Å². The van der Waals surface area contributed by atoms with Crippen molar-refractivity contribution in [2.24, 2.45) is 0 Å². The van der Waals surface area contributed by atoms with Gasteiger partial charge < -0.3 is 30.2 Å². The van der Waals surface area contributed by atoms with Crippen LogP contribution in [0.25, 0.3) is 11.8 Å². The molecule has 0 aliphatic heterocycles. The Hall–Kier alpha value is -4.02. The molecule has 0 aliphatic rings. The Labute approximate surface area is 220 Å². The summed E-state index contributed by atoms with van der Waals surface area (Å²) < 4.78 is 20.2. The number of aromatic nitrogens is 2. The van der Waals surface area contributed by atoms with E-state index in [1.807, 2.05) is 26.0 Å². The molecule has 2 aromatic carbocycles. The number of hydrogen-bond donors (Lipinski definition) is 3. The van der Waals surface area contributed by atoms with E-state index >= 15 is 0 Å². The molecular formula is C28H31FN3O6-. The van der Waals surface area contributed by atoms with Gasteiger partial charge in [-0.2, -0.15) is 5.10 Å². The predicted molar refractivity (Wildman–Crippen MR) is 137 cm³/mol. The first-order valence-corrected chi connectivity index (χ1v) is 12.1. The number of aliphatic hydroxyl groups is 2. The summed E-state index contributed by atoms with van der Waals surface area (Å²) in [6.45, 7) is 4.04. The maximum absolute atomic E-state index is 13.6. The maximum atomic E-state index is 13.6. The van der Waals surface area contributed by atoms with Crippen molar-refractivity contribution in [1.29, 1.82) is 0 Å². The van der Waals surface area contributed by atoms with Gasteiger partial charge in [0.2, 0.25) is 0 Å². The normalized spacial score (nSPS) is 13.0. The zero-order chi connectivity index (χ0) is 27.8. The summed E-state index contributed by atoms with van der Waals surface area (Å²) in [6.07, 6.45) is -0.336. The molecular weight excluding hydrogens is 493 g/mol. The molecule has 10 heteroatoms. The van der Waals surface area contributed by atoms with Crippen molar-refractivity contribution in [1.82, 2.24) is 15.1 Å². The zero-order valence-electron chi connectivity index (χ0n) is 21.4. The van der Waals surface area contributed by atoms with Crippen LogP contribution in [-0.2, 0) is 11.3 Å². The molecule has 0 fully saturated rings. The number of hydrogen-bond acceptors (Lipinski definition) is 7. The van der Waals surface area contributed by atoms with Crippen LogP contribution in [0.15, 0.2) is 54.6 Å². The van der Waals surface area contributed by atoms with Gasteiger partial charge in [-0.05, 0) is 54.0 Å². The lowest BCUT2D eigenvalue weighted by molar-refractivity contribution is -0.307. The third-order valence-corrected chi connectivity index (χ3v) is 5.83. The number of nitrogens with zero attached hydrogens (tertiary/aromatic N) is 2. The van der Waals surface area contributed by atoms with Crippen LogP contribution in [0.4, 0.5) is 4.39 Å². The van der Waals surface area contributed by atoms with E-state index in [2.05, 4.69) is 10.4 Å². The van der Waals surface area contributed by atoms with Gasteiger partial charge in [-0.1, -0.05) is 32.1 Å². The van der Waals surface area contributed by atoms with Gasteiger partial charge in [-0.15, -0.1) is 0 Å². The van der Waals surface area contributed by atoms with E-state index in [4.69, 9.17) is 4.74 Å². The lowest BCUT2D eigenvalue weighted by Crippen LogP contribution is -2.29. The van der Waals surface area contributed by atoms with Gasteiger partial charge in [-0.3, -0.25) is 4.79 Å². The van der Waals surface area contributed by atoms with Crippen molar-refractivity contribution in [2.45, 2.75) is 51.4 Å². The number of methoxy groups -OCH3 is 1. The van der Waals surface area contributed by atoms with Crippen molar-refractivity contribution < 1.29 is 34.0 Å². The van der Waals surface area contributed by atoms with E-state index in [1.165, 1.54) is 35.0 Å². The minimum Gasteiger partial charge on any atom is -0.550 e. The van der Waals surface area contributed by atoms with Gasteiger partial charge in [0.05, 0.1) is 30.7 Å². The predicted octanol–water partition coefficient (Wildman–Crippen LogP) is 2.34. The van der Waals surface area contributed by atoms with Crippen molar-refractivity contribution in [2.75, 3.05) is 7.11 Å². The maximum Gasteiger partial charge on any atom is 0.272 e. The van der Waals surface area contributed by atoms with Crippen LogP contribution in [-0.4, -0.2) is 51.2 Å². The Balaban J connectivity index is 1.95. The second-order valence-electron chi connectivity index (χ2n) is 9.11. The minimum atomic E-state index is -1.42. The highest BCUT2D eigenvalue weighted by molar-refractivity contribution is 5.95. The summed E-state index contributed by atoms with van der Waals surface area (Å²) in [6, 6.07) is 12.8. The summed E-state index contributed by atoms with van der Waals surface area (Å²) in [5.74, 6) is -1.73. The number of amides is 1. The van der Waals surface area contributed by atoms with Gasteiger partial charge in [0.25, 0.3) is 5.91 Å². The Kier molecular flexibility index (Phi) is 9.75. The largest absolute Gasteiger partial charge is 0.550 e. The van der Waals surface area contributed by atoms with Crippen molar-refractivity contribution in [3.63, 3.8) is 0 Å². The molecule has 0 saturated heterocycles. The van der Waals surface area contributed by atoms with Gasteiger partial charge in [-0.25, -0.2) is 9.07 Å². The Bertz CT molecular complexity index is 1270. The fraction of sp³-hybridized carbons (Fsp3) is 0.321. The molecule has 2 atom stereocenters. The molecule has 0 unspecified atom stereocenters. The standard InChI is InChI=1S/C28H32FN3O6/c1-17(2)26-24(13-10-21(33)14-22(34)15-25(35)36)32(20-8-6-19(29)7-9-20)31-27(26)28(37)30-16-18-4-11-23(38-3)12-5-18/h4-13,17,21-22,33-34H,14-16H2,1-3H3,(H,30,37)(H,35,36)/p-1/b13-10+/t21-,22-/m1/s1. The first kappa shape index (κ1) is 28.5. The van der Waals surface area contributed by atoms with Crippen LogP contribution in [0.5, 0.6) is 5.75 Å². The summed E-state index contributed by atoms with van der Waals surface area (Å²) >= 11 is 0. The number of carbonyl (C=O) groups is 2. The van der Waals surface area contributed by atoms with E-state index in [1.54, 1.807) is 25.3 Å². The zero-order valence-corrected chi connectivity index (χ0v) is 21.4. The molecule has 202 valence electrons. The molecule has 0 spiro atoms. The smallest absolute Gasteiger partial charge is 0.272 e. The fourth-order valence-electron chi connectivity index (χ4n) is 3.96. The number of benzene rings is 2. The number of halogens is 1.